The second-order valence-corrected chi connectivity index (χ2v) is 6.37. The molecule has 0 amide bonds. The van der Waals surface area contributed by atoms with Crippen LogP contribution in [0.4, 0.5) is 0 Å². The van der Waals surface area contributed by atoms with Gasteiger partial charge in [-0.1, -0.05) is 56.5 Å². The minimum Gasteiger partial charge on any atom is -0.246 e. The minimum absolute atomic E-state index is 0.0125. The molecule has 3 rings (SSSR count). The van der Waals surface area contributed by atoms with Gasteiger partial charge in [0.05, 0.1) is 5.54 Å². The summed E-state index contributed by atoms with van der Waals surface area (Å²) in [6.45, 7) is 4.75. The Morgan fingerprint density at radius 3 is 2.45 bits per heavy atom. The van der Waals surface area contributed by atoms with Crippen LogP contribution in [-0.4, -0.2) is 14.8 Å². The standard InChI is InChI=1S/C17H23N3/c1-16(15-9-5-3-6-10-15)11-7-4-8-12-17(16,2)20-14-18-13-19-20/h3,5-6,9-10,13-14H,4,7-8,11-12H2,1-2H3. The van der Waals surface area contributed by atoms with E-state index in [2.05, 4.69) is 58.9 Å². The molecule has 2 unspecified atom stereocenters. The minimum atomic E-state index is -0.0125. The first-order valence-electron chi connectivity index (χ1n) is 7.57. The molecule has 106 valence electrons. The number of nitrogens with zero attached hydrogens (tertiary/aromatic N) is 3. The van der Waals surface area contributed by atoms with Crippen LogP contribution in [0.5, 0.6) is 0 Å². The van der Waals surface area contributed by atoms with Gasteiger partial charge in [0.25, 0.3) is 0 Å². The van der Waals surface area contributed by atoms with Crippen molar-refractivity contribution in [1.29, 1.82) is 0 Å². The Kier molecular flexibility index (Phi) is 3.36. The molecule has 0 bridgehead atoms. The molecule has 3 nitrogen and oxygen atoms in total. The van der Waals surface area contributed by atoms with Crippen molar-refractivity contribution in [3.8, 4) is 0 Å². The highest BCUT2D eigenvalue weighted by molar-refractivity contribution is 5.29. The molecular formula is C17H23N3. The van der Waals surface area contributed by atoms with E-state index in [-0.39, 0.29) is 11.0 Å². The summed E-state index contributed by atoms with van der Waals surface area (Å²) < 4.78 is 2.09. The van der Waals surface area contributed by atoms with Gasteiger partial charge in [0.15, 0.2) is 0 Å². The normalized spacial score (nSPS) is 30.9. The summed E-state index contributed by atoms with van der Waals surface area (Å²) in [5, 5.41) is 4.48. The van der Waals surface area contributed by atoms with Crippen LogP contribution < -0.4 is 0 Å². The molecule has 20 heavy (non-hydrogen) atoms. The molecule has 3 heteroatoms. The Morgan fingerprint density at radius 1 is 1.00 bits per heavy atom. The van der Waals surface area contributed by atoms with Crippen LogP contribution in [0.15, 0.2) is 43.0 Å². The fourth-order valence-corrected chi connectivity index (χ4v) is 3.76. The van der Waals surface area contributed by atoms with Gasteiger partial charge in [-0.2, -0.15) is 5.10 Å². The third kappa shape index (κ3) is 1.96. The molecule has 2 atom stereocenters. The lowest BCUT2D eigenvalue weighted by Crippen LogP contribution is -2.49. The largest absolute Gasteiger partial charge is 0.246 e. The summed E-state index contributed by atoms with van der Waals surface area (Å²) in [7, 11) is 0. The summed E-state index contributed by atoms with van der Waals surface area (Å²) >= 11 is 0. The second-order valence-electron chi connectivity index (χ2n) is 6.37. The van der Waals surface area contributed by atoms with E-state index >= 15 is 0 Å². The Labute approximate surface area is 121 Å². The molecule has 0 aliphatic heterocycles. The molecule has 1 fully saturated rings. The van der Waals surface area contributed by atoms with Gasteiger partial charge in [-0.25, -0.2) is 9.67 Å². The van der Waals surface area contributed by atoms with Gasteiger partial charge in [0.2, 0.25) is 0 Å². The highest BCUT2D eigenvalue weighted by atomic mass is 15.4. The van der Waals surface area contributed by atoms with Gasteiger partial charge in [0.1, 0.15) is 12.7 Å². The molecule has 0 radical (unpaired) electrons. The summed E-state index contributed by atoms with van der Waals surface area (Å²) in [4.78, 5) is 4.18. The van der Waals surface area contributed by atoms with Crippen molar-refractivity contribution in [2.45, 2.75) is 56.9 Å². The molecule has 1 aromatic heterocycles. The maximum atomic E-state index is 4.48. The molecule has 0 spiro atoms. The molecule has 1 aliphatic carbocycles. The zero-order chi connectivity index (χ0) is 14.1. The first-order valence-corrected chi connectivity index (χ1v) is 7.57. The average Bonchev–Trinajstić information content (AvgIpc) is 2.97. The molecule has 1 aromatic carbocycles. The van der Waals surface area contributed by atoms with Crippen LogP contribution in [0.3, 0.4) is 0 Å². The maximum absolute atomic E-state index is 4.48. The van der Waals surface area contributed by atoms with Crippen molar-refractivity contribution in [2.24, 2.45) is 0 Å². The maximum Gasteiger partial charge on any atom is 0.137 e. The van der Waals surface area contributed by atoms with Crippen molar-refractivity contribution in [3.63, 3.8) is 0 Å². The highest BCUT2D eigenvalue weighted by Gasteiger charge is 2.48. The van der Waals surface area contributed by atoms with Crippen LogP contribution >= 0.6 is 0 Å². The van der Waals surface area contributed by atoms with Gasteiger partial charge in [-0.15, -0.1) is 0 Å². The highest BCUT2D eigenvalue weighted by Crippen LogP contribution is 2.48. The number of benzene rings is 1. The quantitative estimate of drug-likeness (QED) is 0.774. The third-order valence-electron chi connectivity index (χ3n) is 5.36. The summed E-state index contributed by atoms with van der Waals surface area (Å²) in [5.74, 6) is 0. The van der Waals surface area contributed by atoms with E-state index in [4.69, 9.17) is 0 Å². The van der Waals surface area contributed by atoms with E-state index in [0.29, 0.717) is 0 Å². The van der Waals surface area contributed by atoms with Gasteiger partial charge in [-0.3, -0.25) is 0 Å². The Bertz CT molecular complexity index is 549. The molecule has 1 heterocycles. The fraction of sp³-hybridized carbons (Fsp3) is 0.529. The van der Waals surface area contributed by atoms with E-state index < -0.39 is 0 Å². The third-order valence-corrected chi connectivity index (χ3v) is 5.36. The van der Waals surface area contributed by atoms with E-state index in [9.17, 15) is 0 Å². The van der Waals surface area contributed by atoms with Gasteiger partial charge in [0, 0.05) is 5.41 Å². The molecule has 1 saturated carbocycles. The Balaban J connectivity index is 2.13. The summed E-state index contributed by atoms with van der Waals surface area (Å²) in [5.41, 5.74) is 1.50. The molecule has 2 aromatic rings. The van der Waals surface area contributed by atoms with Crippen molar-refractivity contribution >= 4 is 0 Å². The monoisotopic (exact) mass is 269 g/mol. The van der Waals surface area contributed by atoms with Crippen molar-refractivity contribution < 1.29 is 0 Å². The van der Waals surface area contributed by atoms with Crippen molar-refractivity contribution in [3.05, 3.63) is 48.5 Å². The van der Waals surface area contributed by atoms with Crippen LogP contribution in [0.25, 0.3) is 0 Å². The smallest absolute Gasteiger partial charge is 0.137 e. The Morgan fingerprint density at radius 2 is 1.75 bits per heavy atom. The van der Waals surface area contributed by atoms with Gasteiger partial charge in [-0.05, 0) is 25.3 Å². The van der Waals surface area contributed by atoms with Crippen molar-refractivity contribution in [1.82, 2.24) is 14.8 Å². The lowest BCUT2D eigenvalue weighted by molar-refractivity contribution is 0.129. The lowest BCUT2D eigenvalue weighted by Gasteiger charge is -2.46. The van der Waals surface area contributed by atoms with Crippen molar-refractivity contribution in [2.75, 3.05) is 0 Å². The van der Waals surface area contributed by atoms with E-state index in [1.54, 1.807) is 6.33 Å². The number of hydrogen-bond donors (Lipinski definition) is 0. The first-order chi connectivity index (χ1) is 9.67. The van der Waals surface area contributed by atoms with E-state index in [0.717, 1.165) is 6.42 Å². The zero-order valence-corrected chi connectivity index (χ0v) is 12.4. The Hall–Kier alpha value is -1.64. The topological polar surface area (TPSA) is 30.7 Å². The summed E-state index contributed by atoms with van der Waals surface area (Å²) in [6, 6.07) is 10.9. The fourth-order valence-electron chi connectivity index (χ4n) is 3.76. The SMILES string of the molecule is CC1(c2ccccc2)CCCCCC1(C)n1cncn1. The molecule has 0 N–H and O–H groups in total. The van der Waals surface area contributed by atoms with Crippen LogP contribution in [0.2, 0.25) is 0 Å². The lowest BCUT2D eigenvalue weighted by atomic mass is 9.64. The summed E-state index contributed by atoms with van der Waals surface area (Å²) in [6.07, 6.45) is 9.75. The molecule has 0 saturated heterocycles. The zero-order valence-electron chi connectivity index (χ0n) is 12.4. The number of aromatic nitrogens is 3. The number of rotatable bonds is 2. The number of hydrogen-bond acceptors (Lipinski definition) is 2. The van der Waals surface area contributed by atoms with Crippen LogP contribution in [-0.2, 0) is 11.0 Å². The molecule has 1 aliphatic rings. The average molecular weight is 269 g/mol. The van der Waals surface area contributed by atoms with Gasteiger partial charge < -0.3 is 0 Å². The van der Waals surface area contributed by atoms with E-state index in [1.807, 2.05) is 6.33 Å². The predicted octanol–water partition coefficient (Wildman–Crippen LogP) is 3.92. The van der Waals surface area contributed by atoms with Crippen LogP contribution in [0, 0.1) is 0 Å². The predicted molar refractivity (Wildman–Crippen MR) is 80.5 cm³/mol. The van der Waals surface area contributed by atoms with Gasteiger partial charge >= 0.3 is 0 Å². The first kappa shape index (κ1) is 13.3. The van der Waals surface area contributed by atoms with Crippen LogP contribution in [0.1, 0.15) is 51.5 Å². The second kappa shape index (κ2) is 5.04. The van der Waals surface area contributed by atoms with E-state index in [1.165, 1.54) is 31.2 Å². The molecular weight excluding hydrogens is 246 g/mol.